The summed E-state index contributed by atoms with van der Waals surface area (Å²) in [5.41, 5.74) is -1.27. The molecule has 1 amide bonds. The monoisotopic (exact) mass is 421 g/mol. The van der Waals surface area contributed by atoms with E-state index in [-0.39, 0.29) is 11.0 Å². The van der Waals surface area contributed by atoms with Crippen LogP contribution in [0.4, 0.5) is 19.0 Å². The molecule has 30 heavy (non-hydrogen) atoms. The fourth-order valence-electron chi connectivity index (χ4n) is 4.43. The normalized spacial score (nSPS) is 21.7. The van der Waals surface area contributed by atoms with Gasteiger partial charge < -0.3 is 14.9 Å². The van der Waals surface area contributed by atoms with Crippen LogP contribution in [-0.2, 0) is 6.18 Å². The maximum Gasteiger partial charge on any atom is 0.433 e. The number of anilines is 1. The molecule has 0 aromatic carbocycles. The zero-order valence-corrected chi connectivity index (χ0v) is 16.2. The van der Waals surface area contributed by atoms with Gasteiger partial charge >= 0.3 is 6.18 Å². The van der Waals surface area contributed by atoms with Gasteiger partial charge in [0.25, 0.3) is 5.91 Å². The number of β-amino-alcohol motifs (C(OH)–C–C–N with tert-alkyl or cyclic N) is 1. The Labute approximate surface area is 171 Å². The summed E-state index contributed by atoms with van der Waals surface area (Å²) in [6.07, 6.45) is 2.69. The lowest BCUT2D eigenvalue weighted by atomic mass is 9.71. The van der Waals surface area contributed by atoms with E-state index >= 15 is 0 Å². The first-order valence-electron chi connectivity index (χ1n) is 9.77. The van der Waals surface area contributed by atoms with E-state index < -0.39 is 23.9 Å². The predicted molar refractivity (Wildman–Crippen MR) is 102 cm³/mol. The van der Waals surface area contributed by atoms with E-state index in [1.807, 2.05) is 4.90 Å². The quantitative estimate of drug-likeness (QED) is 0.802. The van der Waals surface area contributed by atoms with Gasteiger partial charge in [0.1, 0.15) is 11.5 Å². The van der Waals surface area contributed by atoms with Crippen LogP contribution in [0, 0.1) is 5.41 Å². The summed E-state index contributed by atoms with van der Waals surface area (Å²) in [6.45, 7) is 2.01. The Morgan fingerprint density at radius 2 is 1.93 bits per heavy atom. The van der Waals surface area contributed by atoms with E-state index in [1.54, 1.807) is 23.5 Å². The van der Waals surface area contributed by atoms with Crippen molar-refractivity contribution in [2.45, 2.75) is 31.5 Å². The van der Waals surface area contributed by atoms with E-state index in [0.717, 1.165) is 12.3 Å². The average molecular weight is 421 g/mol. The van der Waals surface area contributed by atoms with E-state index in [4.69, 9.17) is 0 Å². The number of halogens is 3. The van der Waals surface area contributed by atoms with Crippen LogP contribution < -0.4 is 4.90 Å². The number of likely N-dealkylation sites (tertiary alicyclic amines) is 1. The van der Waals surface area contributed by atoms with Crippen molar-refractivity contribution in [3.05, 3.63) is 48.2 Å². The van der Waals surface area contributed by atoms with E-state index in [0.29, 0.717) is 51.3 Å². The lowest BCUT2D eigenvalue weighted by Crippen LogP contribution is -2.54. The molecular formula is C20H22F3N5O2. The highest BCUT2D eigenvalue weighted by atomic mass is 19.4. The predicted octanol–water partition coefficient (Wildman–Crippen LogP) is 2.38. The zero-order valence-electron chi connectivity index (χ0n) is 16.2. The molecule has 2 aromatic heterocycles. The molecule has 0 saturated carbocycles. The number of carbonyl (C=O) groups excluding carboxylic acids is 1. The minimum Gasteiger partial charge on any atom is -0.391 e. The Bertz CT molecular complexity index is 901. The molecule has 1 spiro atoms. The van der Waals surface area contributed by atoms with Gasteiger partial charge in [0, 0.05) is 50.3 Å². The number of nitrogens with zero attached hydrogens (tertiary/aromatic N) is 5. The third kappa shape index (κ3) is 4.23. The number of aromatic nitrogens is 3. The van der Waals surface area contributed by atoms with Crippen molar-refractivity contribution in [2.24, 2.45) is 5.41 Å². The van der Waals surface area contributed by atoms with E-state index in [9.17, 15) is 23.1 Å². The molecule has 2 aromatic rings. The van der Waals surface area contributed by atoms with Crippen molar-refractivity contribution >= 4 is 11.7 Å². The van der Waals surface area contributed by atoms with Gasteiger partial charge in [0.15, 0.2) is 0 Å². The van der Waals surface area contributed by atoms with Gasteiger partial charge in [-0.25, -0.2) is 4.98 Å². The first-order chi connectivity index (χ1) is 14.3. The SMILES string of the molecule is O=C(c1ccnc(C(F)(F)F)c1)N1CCC2(CC1)CC(O)CN(c1cnccn1)C2. The highest BCUT2D eigenvalue weighted by Crippen LogP contribution is 2.41. The van der Waals surface area contributed by atoms with Crippen LogP contribution >= 0.6 is 0 Å². The molecule has 4 rings (SSSR count). The van der Waals surface area contributed by atoms with Gasteiger partial charge in [-0.1, -0.05) is 0 Å². The van der Waals surface area contributed by atoms with E-state index in [2.05, 4.69) is 15.0 Å². The van der Waals surface area contributed by atoms with Crippen LogP contribution in [-0.4, -0.2) is 63.1 Å². The molecule has 0 aliphatic carbocycles. The van der Waals surface area contributed by atoms with Crippen LogP contribution in [0.25, 0.3) is 0 Å². The molecule has 0 bridgehead atoms. The minimum absolute atomic E-state index is 0.0156. The van der Waals surface area contributed by atoms with E-state index in [1.165, 1.54) is 6.07 Å². The summed E-state index contributed by atoms with van der Waals surface area (Å²) in [5, 5.41) is 10.4. The smallest absolute Gasteiger partial charge is 0.391 e. The Morgan fingerprint density at radius 3 is 2.60 bits per heavy atom. The molecule has 2 saturated heterocycles. The number of hydrogen-bond acceptors (Lipinski definition) is 6. The zero-order chi connectivity index (χ0) is 21.4. The molecule has 1 N–H and O–H groups in total. The van der Waals surface area contributed by atoms with Gasteiger partial charge in [-0.3, -0.25) is 14.8 Å². The Balaban J connectivity index is 1.45. The highest BCUT2D eigenvalue weighted by Gasteiger charge is 2.43. The molecule has 2 aliphatic heterocycles. The van der Waals surface area contributed by atoms with Gasteiger partial charge in [-0.15, -0.1) is 0 Å². The summed E-state index contributed by atoms with van der Waals surface area (Å²) in [7, 11) is 0. The van der Waals surface area contributed by atoms with Crippen molar-refractivity contribution in [2.75, 3.05) is 31.1 Å². The summed E-state index contributed by atoms with van der Waals surface area (Å²) in [4.78, 5) is 28.1. The Hall–Kier alpha value is -2.75. The number of rotatable bonds is 2. The lowest BCUT2D eigenvalue weighted by Gasteiger charge is -2.49. The van der Waals surface area contributed by atoms with Gasteiger partial charge in [0.05, 0.1) is 12.3 Å². The van der Waals surface area contributed by atoms with Crippen molar-refractivity contribution in [1.82, 2.24) is 19.9 Å². The molecule has 1 atom stereocenters. The van der Waals surface area contributed by atoms with Gasteiger partial charge in [-0.2, -0.15) is 13.2 Å². The second kappa shape index (κ2) is 7.82. The second-order valence-corrected chi connectivity index (χ2v) is 8.02. The molecule has 160 valence electrons. The third-order valence-corrected chi connectivity index (χ3v) is 5.91. The highest BCUT2D eigenvalue weighted by molar-refractivity contribution is 5.94. The number of aliphatic hydroxyl groups is 1. The molecule has 2 fully saturated rings. The van der Waals surface area contributed by atoms with Crippen molar-refractivity contribution < 1.29 is 23.1 Å². The number of pyridine rings is 1. The summed E-state index contributed by atoms with van der Waals surface area (Å²) < 4.78 is 38.7. The van der Waals surface area contributed by atoms with Crippen LogP contribution in [0.2, 0.25) is 0 Å². The molecule has 0 radical (unpaired) electrons. The molecule has 4 heterocycles. The fraction of sp³-hybridized carbons (Fsp3) is 0.500. The number of alkyl halides is 3. The second-order valence-electron chi connectivity index (χ2n) is 8.02. The molecule has 7 nitrogen and oxygen atoms in total. The first kappa shape index (κ1) is 20.5. The Kier molecular flexibility index (Phi) is 5.35. The minimum atomic E-state index is -4.59. The average Bonchev–Trinajstić information content (AvgIpc) is 2.73. The van der Waals surface area contributed by atoms with Gasteiger partial charge in [-0.05, 0) is 36.8 Å². The first-order valence-corrected chi connectivity index (χ1v) is 9.77. The molecule has 1 unspecified atom stereocenters. The standard InChI is InChI=1S/C20H22F3N5O2/c21-20(22,23)16-9-14(1-4-25-16)18(30)27-7-2-19(3-8-27)10-15(29)12-28(13-19)17-11-24-5-6-26-17/h1,4-6,9,11,15,29H,2-3,7-8,10,12-13H2. The molecule has 2 aliphatic rings. The van der Waals surface area contributed by atoms with Crippen LogP contribution in [0.1, 0.15) is 35.3 Å². The van der Waals surface area contributed by atoms with Crippen LogP contribution in [0.5, 0.6) is 0 Å². The van der Waals surface area contributed by atoms with Gasteiger partial charge in [0.2, 0.25) is 0 Å². The maximum atomic E-state index is 12.9. The summed E-state index contributed by atoms with van der Waals surface area (Å²) >= 11 is 0. The Morgan fingerprint density at radius 1 is 1.17 bits per heavy atom. The number of hydrogen-bond donors (Lipinski definition) is 1. The van der Waals surface area contributed by atoms with Crippen molar-refractivity contribution in [3.8, 4) is 0 Å². The number of carbonyl (C=O) groups is 1. The number of amides is 1. The topological polar surface area (TPSA) is 82.5 Å². The maximum absolute atomic E-state index is 12.9. The molecular weight excluding hydrogens is 399 g/mol. The lowest BCUT2D eigenvalue weighted by molar-refractivity contribution is -0.141. The third-order valence-electron chi connectivity index (χ3n) is 5.91. The summed E-state index contributed by atoms with van der Waals surface area (Å²) in [6, 6.07) is 2.11. The molecule has 10 heteroatoms. The fourth-order valence-corrected chi connectivity index (χ4v) is 4.43. The van der Waals surface area contributed by atoms with Crippen LogP contribution in [0.15, 0.2) is 36.9 Å². The summed E-state index contributed by atoms with van der Waals surface area (Å²) in [5.74, 6) is 0.269. The van der Waals surface area contributed by atoms with Crippen molar-refractivity contribution in [1.29, 1.82) is 0 Å². The van der Waals surface area contributed by atoms with Crippen molar-refractivity contribution in [3.63, 3.8) is 0 Å². The largest absolute Gasteiger partial charge is 0.433 e. The number of aliphatic hydroxyl groups excluding tert-OH is 1. The van der Waals surface area contributed by atoms with Crippen LogP contribution in [0.3, 0.4) is 0 Å². The number of piperidine rings is 2.